The molecule has 0 N–H and O–H groups in total. The van der Waals surface area contributed by atoms with Crippen LogP contribution in [0.3, 0.4) is 0 Å². The molecule has 10 heavy (non-hydrogen) atoms. The van der Waals surface area contributed by atoms with Gasteiger partial charge in [-0.25, -0.2) is 0 Å². The number of allylic oxidation sites excluding steroid dienone is 1. The highest BCUT2D eigenvalue weighted by Crippen LogP contribution is 2.05. The molecule has 0 spiro atoms. The number of rotatable bonds is 0. The van der Waals surface area contributed by atoms with Crippen molar-refractivity contribution in [2.24, 2.45) is 15.0 Å². The Labute approximate surface area is 58.9 Å². The second-order valence-electron chi connectivity index (χ2n) is 2.13. The maximum absolute atomic E-state index is 4.22. The van der Waals surface area contributed by atoms with Crippen LogP contribution in [0.25, 0.3) is 0 Å². The van der Waals surface area contributed by atoms with Gasteiger partial charge in [-0.05, 0) is 12.2 Å². The van der Waals surface area contributed by atoms with E-state index in [-0.39, 0.29) is 6.17 Å². The fourth-order valence-electron chi connectivity index (χ4n) is 0.978. The molecule has 0 saturated heterocycles. The van der Waals surface area contributed by atoms with Crippen LogP contribution in [0.4, 0.5) is 0 Å². The molecule has 2 heterocycles. The Morgan fingerprint density at radius 1 is 1.40 bits per heavy atom. The fourth-order valence-corrected chi connectivity index (χ4v) is 0.978. The topological polar surface area (TPSA) is 37.1 Å². The molecule has 0 bridgehead atoms. The molecule has 0 amide bonds. The van der Waals surface area contributed by atoms with E-state index in [1.54, 1.807) is 12.4 Å². The zero-order chi connectivity index (χ0) is 6.81. The summed E-state index contributed by atoms with van der Waals surface area (Å²) in [5.41, 5.74) is 0.977. The van der Waals surface area contributed by atoms with Gasteiger partial charge in [0.25, 0.3) is 0 Å². The third kappa shape index (κ3) is 0.795. The quantitative estimate of drug-likeness (QED) is 0.461. The molecule has 0 aliphatic carbocycles. The number of aliphatic imine (C=N–C) groups is 3. The Kier molecular flexibility index (Phi) is 1.20. The van der Waals surface area contributed by atoms with Crippen LogP contribution in [0.5, 0.6) is 0 Å². The zero-order valence-electron chi connectivity index (χ0n) is 5.44. The molecule has 0 aromatic carbocycles. The highest BCUT2D eigenvalue weighted by Gasteiger charge is 2.12. The minimum atomic E-state index is -0.0428. The molecule has 3 nitrogen and oxygen atoms in total. The highest BCUT2D eigenvalue weighted by atomic mass is 15.0. The van der Waals surface area contributed by atoms with Gasteiger partial charge in [-0.3, -0.25) is 15.0 Å². The summed E-state index contributed by atoms with van der Waals surface area (Å²) in [7, 11) is 0. The molecule has 0 aromatic heterocycles. The molecule has 0 saturated carbocycles. The number of dihydropyridines is 1. The summed E-state index contributed by atoms with van der Waals surface area (Å²) < 4.78 is 0. The van der Waals surface area contributed by atoms with Crippen LogP contribution in [0, 0.1) is 0 Å². The summed E-state index contributed by atoms with van der Waals surface area (Å²) in [5.74, 6) is 0. The molecule has 50 valence electrons. The van der Waals surface area contributed by atoms with Crippen LogP contribution in [0.1, 0.15) is 0 Å². The summed E-state index contributed by atoms with van der Waals surface area (Å²) >= 11 is 0. The van der Waals surface area contributed by atoms with Gasteiger partial charge in [0.1, 0.15) is 0 Å². The van der Waals surface area contributed by atoms with E-state index in [1.165, 1.54) is 0 Å². The zero-order valence-corrected chi connectivity index (χ0v) is 5.44. The molecule has 2 aliphatic rings. The van der Waals surface area contributed by atoms with E-state index in [0.29, 0.717) is 6.54 Å². The van der Waals surface area contributed by atoms with Crippen molar-refractivity contribution in [2.45, 2.75) is 6.17 Å². The number of hydrogen-bond donors (Lipinski definition) is 0. The predicted octanol–water partition coefficient (Wildman–Crippen LogP) is 0.479. The van der Waals surface area contributed by atoms with Crippen LogP contribution >= 0.6 is 0 Å². The molecule has 1 atom stereocenters. The van der Waals surface area contributed by atoms with Crippen molar-refractivity contribution in [3.05, 3.63) is 12.2 Å². The Bertz CT molecular complexity index is 248. The molecule has 0 radical (unpaired) electrons. The van der Waals surface area contributed by atoms with Crippen molar-refractivity contribution in [2.75, 3.05) is 6.54 Å². The summed E-state index contributed by atoms with van der Waals surface area (Å²) in [6, 6.07) is 0. The summed E-state index contributed by atoms with van der Waals surface area (Å²) in [6.07, 6.45) is 7.35. The van der Waals surface area contributed by atoms with Gasteiger partial charge in [0.15, 0.2) is 6.17 Å². The fraction of sp³-hybridized carbons (Fsp3) is 0.286. The molecule has 0 fully saturated rings. The maximum Gasteiger partial charge on any atom is 0.180 e. The Hall–Kier alpha value is -1.25. The van der Waals surface area contributed by atoms with E-state index < -0.39 is 0 Å². The number of hydrogen-bond acceptors (Lipinski definition) is 3. The first-order valence-electron chi connectivity index (χ1n) is 3.22. The minimum Gasteiger partial charge on any atom is -0.280 e. The normalized spacial score (nSPS) is 28.0. The van der Waals surface area contributed by atoms with Crippen LogP contribution in [0.2, 0.25) is 0 Å². The lowest BCUT2D eigenvalue weighted by molar-refractivity contribution is 0.907. The maximum atomic E-state index is 4.22. The van der Waals surface area contributed by atoms with E-state index in [0.717, 1.165) is 5.71 Å². The van der Waals surface area contributed by atoms with Crippen molar-refractivity contribution in [3.8, 4) is 0 Å². The Morgan fingerprint density at radius 2 is 2.40 bits per heavy atom. The van der Waals surface area contributed by atoms with Crippen molar-refractivity contribution in [3.63, 3.8) is 0 Å². The SMILES string of the molecule is C1=CC2=NCC=NC2N=C1. The summed E-state index contributed by atoms with van der Waals surface area (Å²) in [6.45, 7) is 0.700. The lowest BCUT2D eigenvalue weighted by Gasteiger charge is -2.12. The van der Waals surface area contributed by atoms with E-state index in [4.69, 9.17) is 0 Å². The first-order chi connectivity index (χ1) is 4.97. The van der Waals surface area contributed by atoms with Crippen LogP contribution in [0.15, 0.2) is 27.1 Å². The average molecular weight is 133 g/mol. The third-order valence-corrected chi connectivity index (χ3v) is 1.45. The minimum absolute atomic E-state index is 0.0428. The summed E-state index contributed by atoms with van der Waals surface area (Å²) in [5, 5.41) is 0. The van der Waals surface area contributed by atoms with E-state index >= 15 is 0 Å². The van der Waals surface area contributed by atoms with Crippen LogP contribution in [-0.2, 0) is 0 Å². The lowest BCUT2D eigenvalue weighted by atomic mass is 10.2. The van der Waals surface area contributed by atoms with E-state index in [9.17, 15) is 0 Å². The van der Waals surface area contributed by atoms with Crippen molar-refractivity contribution in [1.29, 1.82) is 0 Å². The van der Waals surface area contributed by atoms with Gasteiger partial charge in [-0.15, -0.1) is 0 Å². The molecule has 2 aliphatic heterocycles. The molecular formula is C7H7N3. The lowest BCUT2D eigenvalue weighted by Crippen LogP contribution is -2.21. The van der Waals surface area contributed by atoms with E-state index in [2.05, 4.69) is 15.0 Å². The van der Waals surface area contributed by atoms with Crippen LogP contribution in [-0.4, -0.2) is 30.9 Å². The first kappa shape index (κ1) is 5.53. The van der Waals surface area contributed by atoms with Gasteiger partial charge in [0.05, 0.1) is 12.3 Å². The third-order valence-electron chi connectivity index (χ3n) is 1.45. The monoisotopic (exact) mass is 133 g/mol. The summed E-state index contributed by atoms with van der Waals surface area (Å²) in [4.78, 5) is 12.5. The standard InChI is InChI=1S/C7H7N3/c1-2-6-7(9-3-1)10-5-4-8-6/h1-3,5,7H,4H2. The van der Waals surface area contributed by atoms with Gasteiger partial charge < -0.3 is 0 Å². The smallest absolute Gasteiger partial charge is 0.180 e. The van der Waals surface area contributed by atoms with E-state index in [1.807, 2.05) is 12.2 Å². The van der Waals surface area contributed by atoms with Gasteiger partial charge in [-0.2, -0.15) is 0 Å². The molecular weight excluding hydrogens is 126 g/mol. The molecule has 0 aromatic rings. The van der Waals surface area contributed by atoms with Crippen molar-refractivity contribution >= 4 is 18.1 Å². The molecule has 1 unspecified atom stereocenters. The Balaban J connectivity index is 2.33. The van der Waals surface area contributed by atoms with Gasteiger partial charge in [-0.1, -0.05) is 0 Å². The molecule has 2 rings (SSSR count). The number of nitrogens with zero attached hydrogens (tertiary/aromatic N) is 3. The Morgan fingerprint density at radius 3 is 3.30 bits per heavy atom. The van der Waals surface area contributed by atoms with Gasteiger partial charge in [0, 0.05) is 12.4 Å². The predicted molar refractivity (Wildman–Crippen MR) is 42.2 cm³/mol. The first-order valence-corrected chi connectivity index (χ1v) is 3.22. The van der Waals surface area contributed by atoms with Crippen molar-refractivity contribution in [1.82, 2.24) is 0 Å². The largest absolute Gasteiger partial charge is 0.280 e. The van der Waals surface area contributed by atoms with Crippen molar-refractivity contribution < 1.29 is 0 Å². The van der Waals surface area contributed by atoms with Crippen LogP contribution < -0.4 is 0 Å². The molecule has 3 heteroatoms. The number of fused-ring (bicyclic) bond motifs is 1. The second kappa shape index (κ2) is 2.17. The highest BCUT2D eigenvalue weighted by molar-refractivity contribution is 6.06. The average Bonchev–Trinajstić information content (AvgIpc) is 2.05. The second-order valence-corrected chi connectivity index (χ2v) is 2.13. The van der Waals surface area contributed by atoms with Gasteiger partial charge >= 0.3 is 0 Å². The van der Waals surface area contributed by atoms with Gasteiger partial charge in [0.2, 0.25) is 0 Å².